The Bertz CT molecular complexity index is 735. The maximum atomic E-state index is 12.3. The molecule has 0 atom stereocenters. The predicted octanol–water partition coefficient (Wildman–Crippen LogP) is 3.64. The van der Waals surface area contributed by atoms with Crippen LogP contribution in [0.15, 0.2) is 35.4 Å². The predicted molar refractivity (Wildman–Crippen MR) is 102 cm³/mol. The molecule has 1 aliphatic carbocycles. The summed E-state index contributed by atoms with van der Waals surface area (Å²) < 4.78 is 1.63. The zero-order valence-corrected chi connectivity index (χ0v) is 15.3. The third kappa shape index (κ3) is 4.47. The molecule has 3 rings (SSSR count). The van der Waals surface area contributed by atoms with Crippen molar-refractivity contribution in [3.63, 3.8) is 0 Å². The molecule has 0 aromatic carbocycles. The van der Waals surface area contributed by atoms with Crippen LogP contribution in [0.1, 0.15) is 44.9 Å². The van der Waals surface area contributed by atoms with E-state index in [4.69, 9.17) is 4.98 Å². The third-order valence-corrected chi connectivity index (χ3v) is 5.26. The molecule has 2 aromatic heterocycles. The van der Waals surface area contributed by atoms with Crippen molar-refractivity contribution < 1.29 is 0 Å². The number of pyridine rings is 1. The molecule has 0 radical (unpaired) electrons. The van der Waals surface area contributed by atoms with Crippen LogP contribution in [0.3, 0.4) is 0 Å². The second-order valence-corrected chi connectivity index (χ2v) is 7.14. The molecule has 5 heteroatoms. The largest absolute Gasteiger partial charge is 0.345 e. The zero-order chi connectivity index (χ0) is 17.6. The highest BCUT2D eigenvalue weighted by Gasteiger charge is 2.15. The Morgan fingerprint density at radius 3 is 2.64 bits per heavy atom. The summed E-state index contributed by atoms with van der Waals surface area (Å²) >= 11 is 0. The Balaban J connectivity index is 1.69. The summed E-state index contributed by atoms with van der Waals surface area (Å²) in [7, 11) is 3.82. The maximum Gasteiger partial charge on any atom is 0.255 e. The smallest absolute Gasteiger partial charge is 0.255 e. The highest BCUT2D eigenvalue weighted by Crippen LogP contribution is 2.27. The molecule has 25 heavy (non-hydrogen) atoms. The van der Waals surface area contributed by atoms with Gasteiger partial charge < -0.3 is 4.90 Å². The van der Waals surface area contributed by atoms with Crippen molar-refractivity contribution in [1.82, 2.24) is 14.5 Å². The van der Waals surface area contributed by atoms with E-state index in [0.717, 1.165) is 30.4 Å². The summed E-state index contributed by atoms with van der Waals surface area (Å²) in [5, 5.41) is 0. The fourth-order valence-electron chi connectivity index (χ4n) is 3.73. The lowest BCUT2D eigenvalue weighted by atomic mass is 9.86. The standard InChI is InChI=1S/C20H28N4O/c1-23(14-6-9-16-7-4-3-5-8-16)20-22-18(15-19(25)24(20)2)17-10-12-21-13-11-17/h10-13,15-16H,3-9,14H2,1-2H3. The van der Waals surface area contributed by atoms with Gasteiger partial charge >= 0.3 is 0 Å². The van der Waals surface area contributed by atoms with Crippen LogP contribution in [-0.2, 0) is 7.05 Å². The van der Waals surface area contributed by atoms with Crippen molar-refractivity contribution in [1.29, 1.82) is 0 Å². The summed E-state index contributed by atoms with van der Waals surface area (Å²) in [6, 6.07) is 5.36. The first-order valence-electron chi connectivity index (χ1n) is 9.35. The van der Waals surface area contributed by atoms with E-state index in [9.17, 15) is 4.79 Å². The van der Waals surface area contributed by atoms with Gasteiger partial charge in [0.25, 0.3) is 5.56 Å². The van der Waals surface area contributed by atoms with E-state index in [1.54, 1.807) is 30.1 Å². The molecule has 0 aliphatic heterocycles. The van der Waals surface area contributed by atoms with Crippen LogP contribution in [-0.4, -0.2) is 28.1 Å². The Morgan fingerprint density at radius 1 is 1.20 bits per heavy atom. The van der Waals surface area contributed by atoms with Gasteiger partial charge in [0.2, 0.25) is 5.95 Å². The Hall–Kier alpha value is -2.17. The molecule has 0 unspecified atom stereocenters. The van der Waals surface area contributed by atoms with Gasteiger partial charge in [-0.2, -0.15) is 0 Å². The van der Waals surface area contributed by atoms with Gasteiger partial charge in [0.05, 0.1) is 5.69 Å². The average molecular weight is 340 g/mol. The van der Waals surface area contributed by atoms with Crippen molar-refractivity contribution in [2.24, 2.45) is 13.0 Å². The summed E-state index contributed by atoms with van der Waals surface area (Å²) in [6.45, 7) is 0.927. The van der Waals surface area contributed by atoms with Gasteiger partial charge in [-0.1, -0.05) is 32.1 Å². The van der Waals surface area contributed by atoms with Gasteiger partial charge in [-0.3, -0.25) is 14.3 Å². The number of nitrogens with zero attached hydrogens (tertiary/aromatic N) is 4. The fraction of sp³-hybridized carbons (Fsp3) is 0.550. The molecule has 0 bridgehead atoms. The first-order valence-corrected chi connectivity index (χ1v) is 9.35. The molecule has 2 aromatic rings. The van der Waals surface area contributed by atoms with Crippen molar-refractivity contribution in [3.8, 4) is 11.3 Å². The molecule has 0 spiro atoms. The molecular weight excluding hydrogens is 312 g/mol. The fourth-order valence-corrected chi connectivity index (χ4v) is 3.73. The molecule has 1 fully saturated rings. The van der Waals surface area contributed by atoms with Gasteiger partial charge in [-0.25, -0.2) is 4.98 Å². The average Bonchev–Trinajstić information content (AvgIpc) is 2.65. The Labute approximate surface area is 149 Å². The summed E-state index contributed by atoms with van der Waals surface area (Å²) in [5.41, 5.74) is 1.60. The van der Waals surface area contributed by atoms with Crippen LogP contribution in [0.2, 0.25) is 0 Å². The second-order valence-electron chi connectivity index (χ2n) is 7.14. The number of hydrogen-bond acceptors (Lipinski definition) is 4. The highest BCUT2D eigenvalue weighted by atomic mass is 16.1. The van der Waals surface area contributed by atoms with E-state index in [1.165, 1.54) is 38.5 Å². The molecule has 134 valence electrons. The molecular formula is C20H28N4O. The highest BCUT2D eigenvalue weighted by molar-refractivity contribution is 5.59. The quantitative estimate of drug-likeness (QED) is 0.805. The van der Waals surface area contributed by atoms with E-state index in [1.807, 2.05) is 19.2 Å². The van der Waals surface area contributed by atoms with Gasteiger partial charge in [0.15, 0.2) is 0 Å². The molecule has 0 amide bonds. The Kier molecular flexibility index (Phi) is 5.84. The van der Waals surface area contributed by atoms with E-state index >= 15 is 0 Å². The molecule has 1 saturated carbocycles. The van der Waals surface area contributed by atoms with Gasteiger partial charge in [0, 0.05) is 44.7 Å². The molecule has 0 N–H and O–H groups in total. The number of hydrogen-bond donors (Lipinski definition) is 0. The van der Waals surface area contributed by atoms with E-state index < -0.39 is 0 Å². The zero-order valence-electron chi connectivity index (χ0n) is 15.3. The molecule has 0 saturated heterocycles. The first kappa shape index (κ1) is 17.6. The van der Waals surface area contributed by atoms with Crippen LogP contribution in [0.4, 0.5) is 5.95 Å². The van der Waals surface area contributed by atoms with E-state index in [0.29, 0.717) is 5.69 Å². The number of anilines is 1. The van der Waals surface area contributed by atoms with E-state index in [-0.39, 0.29) is 5.56 Å². The summed E-state index contributed by atoms with van der Waals surface area (Å²) in [4.78, 5) is 23.2. The minimum absolute atomic E-state index is 0.0315. The van der Waals surface area contributed by atoms with Crippen molar-refractivity contribution >= 4 is 5.95 Å². The van der Waals surface area contributed by atoms with Crippen LogP contribution < -0.4 is 10.5 Å². The van der Waals surface area contributed by atoms with Crippen LogP contribution in [0.5, 0.6) is 0 Å². The van der Waals surface area contributed by atoms with E-state index in [2.05, 4.69) is 9.88 Å². The van der Waals surface area contributed by atoms with Crippen molar-refractivity contribution in [2.75, 3.05) is 18.5 Å². The van der Waals surface area contributed by atoms with Gasteiger partial charge in [-0.05, 0) is 30.9 Å². The summed E-state index contributed by atoms with van der Waals surface area (Å²) in [6.07, 6.45) is 12.8. The first-order chi connectivity index (χ1) is 12.1. The lowest BCUT2D eigenvalue weighted by molar-refractivity contribution is 0.333. The minimum Gasteiger partial charge on any atom is -0.345 e. The Morgan fingerprint density at radius 2 is 1.92 bits per heavy atom. The maximum absolute atomic E-state index is 12.3. The number of rotatable bonds is 6. The molecule has 1 aliphatic rings. The van der Waals surface area contributed by atoms with Crippen LogP contribution in [0, 0.1) is 5.92 Å². The van der Waals surface area contributed by atoms with Crippen LogP contribution >= 0.6 is 0 Å². The second kappa shape index (κ2) is 8.28. The lowest BCUT2D eigenvalue weighted by Crippen LogP contribution is -2.29. The minimum atomic E-state index is -0.0315. The van der Waals surface area contributed by atoms with Gasteiger partial charge in [0.1, 0.15) is 0 Å². The molecule has 5 nitrogen and oxygen atoms in total. The van der Waals surface area contributed by atoms with Gasteiger partial charge in [-0.15, -0.1) is 0 Å². The SMILES string of the molecule is CN(CCCC1CCCCC1)c1nc(-c2ccncc2)cc(=O)n1C. The third-order valence-electron chi connectivity index (χ3n) is 5.26. The summed E-state index contributed by atoms with van der Waals surface area (Å²) in [5.74, 6) is 1.62. The van der Waals surface area contributed by atoms with Crippen LogP contribution in [0.25, 0.3) is 11.3 Å². The monoisotopic (exact) mass is 340 g/mol. The van der Waals surface area contributed by atoms with Crippen molar-refractivity contribution in [3.05, 3.63) is 40.9 Å². The number of aromatic nitrogens is 3. The lowest BCUT2D eigenvalue weighted by Gasteiger charge is -2.24. The normalized spacial score (nSPS) is 15.3. The topological polar surface area (TPSA) is 51.0 Å². The molecule has 2 heterocycles. The van der Waals surface area contributed by atoms with Crippen molar-refractivity contribution in [2.45, 2.75) is 44.9 Å².